The van der Waals surface area contributed by atoms with Crippen molar-refractivity contribution in [2.75, 3.05) is 6.61 Å². The van der Waals surface area contributed by atoms with Crippen molar-refractivity contribution in [2.45, 2.75) is 150 Å². The third-order valence-corrected chi connectivity index (χ3v) is 6.79. The topological polar surface area (TPSA) is 44.8 Å². The van der Waals surface area contributed by atoms with E-state index in [-0.39, 0.29) is 12.2 Å². The van der Waals surface area contributed by atoms with Crippen molar-refractivity contribution in [3.63, 3.8) is 0 Å². The molecule has 0 atom stereocenters. The van der Waals surface area contributed by atoms with Gasteiger partial charge in [-0.25, -0.2) is 4.57 Å². The first kappa shape index (κ1) is 29.1. The summed E-state index contributed by atoms with van der Waals surface area (Å²) in [6.07, 6.45) is 21.0. The highest BCUT2D eigenvalue weighted by Gasteiger charge is 2.29. The van der Waals surface area contributed by atoms with Gasteiger partial charge in [-0.2, -0.15) is 0 Å². The maximum atomic E-state index is 12.5. The predicted octanol–water partition coefficient (Wildman–Crippen LogP) is 9.22. The summed E-state index contributed by atoms with van der Waals surface area (Å²) in [7, 11) is -3.42. The average molecular weight is 435 g/mol. The fourth-order valence-electron chi connectivity index (χ4n) is 3.43. The quantitative estimate of drug-likeness (QED) is 0.126. The third kappa shape index (κ3) is 21.1. The first-order valence-corrected chi connectivity index (χ1v) is 14.0. The highest BCUT2D eigenvalue weighted by atomic mass is 31.2. The maximum absolute atomic E-state index is 12.5. The number of unbranched alkanes of at least 4 members (excludes halogenated alkanes) is 15. The van der Waals surface area contributed by atoms with Gasteiger partial charge in [-0.3, -0.25) is 13.6 Å². The molecule has 0 rings (SSSR count). The summed E-state index contributed by atoms with van der Waals surface area (Å²) in [5, 5.41) is 0. The zero-order chi connectivity index (χ0) is 21.8. The summed E-state index contributed by atoms with van der Waals surface area (Å²) in [5.41, 5.74) is 0. The molecule has 0 aliphatic heterocycles. The first-order valence-electron chi connectivity index (χ1n) is 12.5. The summed E-state index contributed by atoms with van der Waals surface area (Å²) in [4.78, 5) is 0. The van der Waals surface area contributed by atoms with E-state index in [1.54, 1.807) is 0 Å². The van der Waals surface area contributed by atoms with E-state index in [1.165, 1.54) is 89.9 Å². The van der Waals surface area contributed by atoms with E-state index in [2.05, 4.69) is 6.92 Å². The number of hydrogen-bond acceptors (Lipinski definition) is 4. The zero-order valence-corrected chi connectivity index (χ0v) is 21.2. The van der Waals surface area contributed by atoms with Crippen LogP contribution in [0.25, 0.3) is 0 Å². The van der Waals surface area contributed by atoms with E-state index >= 15 is 0 Å². The van der Waals surface area contributed by atoms with Gasteiger partial charge in [0.1, 0.15) is 0 Å². The molecule has 176 valence electrons. The van der Waals surface area contributed by atoms with Gasteiger partial charge in [-0.15, -0.1) is 0 Å². The number of phosphoric acid groups is 1. The van der Waals surface area contributed by atoms with Gasteiger partial charge in [0.25, 0.3) is 0 Å². The minimum atomic E-state index is -3.42. The lowest BCUT2D eigenvalue weighted by Crippen LogP contribution is -2.10. The van der Waals surface area contributed by atoms with Gasteiger partial charge in [-0.05, 0) is 34.1 Å². The van der Waals surface area contributed by atoms with E-state index in [0.29, 0.717) is 6.61 Å². The monoisotopic (exact) mass is 434 g/mol. The minimum absolute atomic E-state index is 0.176. The van der Waals surface area contributed by atoms with Crippen LogP contribution in [0.3, 0.4) is 0 Å². The molecule has 0 unspecified atom stereocenters. The van der Waals surface area contributed by atoms with Crippen LogP contribution in [0, 0.1) is 0 Å². The standard InChI is InChI=1S/C24H51O4P/c1-6-7-8-9-10-11-12-13-14-15-16-17-18-19-20-21-22-26-29(25,27-23(2)3)28-24(4)5/h23-24H,6-22H2,1-5H3. The Bertz CT molecular complexity index is 371. The molecule has 0 radical (unpaired) electrons. The summed E-state index contributed by atoms with van der Waals surface area (Å²) >= 11 is 0. The molecule has 0 aromatic heterocycles. The highest BCUT2D eigenvalue weighted by Crippen LogP contribution is 2.51. The van der Waals surface area contributed by atoms with Gasteiger partial charge in [0.05, 0.1) is 18.8 Å². The second-order valence-electron chi connectivity index (χ2n) is 8.89. The minimum Gasteiger partial charge on any atom is -0.287 e. The largest absolute Gasteiger partial charge is 0.475 e. The lowest BCUT2D eigenvalue weighted by atomic mass is 10.0. The van der Waals surface area contributed by atoms with Crippen molar-refractivity contribution in [1.82, 2.24) is 0 Å². The smallest absolute Gasteiger partial charge is 0.287 e. The van der Waals surface area contributed by atoms with Crippen LogP contribution in [0.2, 0.25) is 0 Å². The SMILES string of the molecule is CCCCCCCCCCCCCCCCCCOP(=O)(OC(C)C)OC(C)C. The Morgan fingerprint density at radius 2 is 0.862 bits per heavy atom. The predicted molar refractivity (Wildman–Crippen MR) is 126 cm³/mol. The Kier molecular flexibility index (Phi) is 20.1. The molecule has 0 aliphatic rings. The summed E-state index contributed by atoms with van der Waals surface area (Å²) in [5.74, 6) is 0. The van der Waals surface area contributed by atoms with Crippen LogP contribution in [0.1, 0.15) is 137 Å². The summed E-state index contributed by atoms with van der Waals surface area (Å²) < 4.78 is 28.8. The van der Waals surface area contributed by atoms with E-state index in [9.17, 15) is 4.57 Å². The normalized spacial score (nSPS) is 12.4. The number of rotatable bonds is 22. The van der Waals surface area contributed by atoms with Gasteiger partial charge in [0, 0.05) is 0 Å². The molecule has 0 spiro atoms. The first-order chi connectivity index (χ1) is 13.9. The molecule has 0 aromatic carbocycles. The van der Waals surface area contributed by atoms with Crippen LogP contribution in [0.15, 0.2) is 0 Å². The molecule has 0 bridgehead atoms. The fourth-order valence-corrected chi connectivity index (χ4v) is 4.99. The molecular weight excluding hydrogens is 383 g/mol. The van der Waals surface area contributed by atoms with Crippen LogP contribution >= 0.6 is 7.82 Å². The van der Waals surface area contributed by atoms with Gasteiger partial charge >= 0.3 is 7.82 Å². The second-order valence-corrected chi connectivity index (χ2v) is 10.5. The Labute approximate surface area is 182 Å². The van der Waals surface area contributed by atoms with Crippen LogP contribution in [0.4, 0.5) is 0 Å². The van der Waals surface area contributed by atoms with Crippen molar-refractivity contribution in [1.29, 1.82) is 0 Å². The molecule has 0 heterocycles. The average Bonchev–Trinajstić information content (AvgIpc) is 2.63. The molecule has 0 amide bonds. The van der Waals surface area contributed by atoms with Crippen molar-refractivity contribution >= 4 is 7.82 Å². The van der Waals surface area contributed by atoms with E-state index in [1.807, 2.05) is 27.7 Å². The lowest BCUT2D eigenvalue weighted by molar-refractivity contribution is 0.0712. The zero-order valence-electron chi connectivity index (χ0n) is 20.3. The van der Waals surface area contributed by atoms with E-state index in [4.69, 9.17) is 13.6 Å². The molecule has 0 aromatic rings. The summed E-state index contributed by atoms with van der Waals surface area (Å²) in [6, 6.07) is 0. The lowest BCUT2D eigenvalue weighted by Gasteiger charge is -2.21. The molecule has 0 saturated carbocycles. The van der Waals surface area contributed by atoms with Gasteiger partial charge in [0.2, 0.25) is 0 Å². The third-order valence-electron chi connectivity index (χ3n) is 4.93. The highest BCUT2D eigenvalue weighted by molar-refractivity contribution is 7.48. The van der Waals surface area contributed by atoms with E-state index in [0.717, 1.165) is 12.8 Å². The Hall–Kier alpha value is 0.110. The Morgan fingerprint density at radius 3 is 1.17 bits per heavy atom. The van der Waals surface area contributed by atoms with Crippen molar-refractivity contribution in [2.24, 2.45) is 0 Å². The van der Waals surface area contributed by atoms with Crippen molar-refractivity contribution in [3.8, 4) is 0 Å². The maximum Gasteiger partial charge on any atom is 0.475 e. The molecule has 0 fully saturated rings. The Morgan fingerprint density at radius 1 is 0.552 bits per heavy atom. The van der Waals surface area contributed by atoms with Crippen LogP contribution in [-0.4, -0.2) is 18.8 Å². The second kappa shape index (κ2) is 20.0. The van der Waals surface area contributed by atoms with E-state index < -0.39 is 7.82 Å². The molecule has 4 nitrogen and oxygen atoms in total. The van der Waals surface area contributed by atoms with Crippen LogP contribution < -0.4 is 0 Å². The molecule has 0 aliphatic carbocycles. The van der Waals surface area contributed by atoms with Crippen molar-refractivity contribution < 1.29 is 18.1 Å². The number of hydrogen-bond donors (Lipinski definition) is 0. The number of phosphoric ester groups is 1. The molecule has 0 N–H and O–H groups in total. The van der Waals surface area contributed by atoms with Gasteiger partial charge < -0.3 is 0 Å². The molecule has 0 saturated heterocycles. The molecule has 29 heavy (non-hydrogen) atoms. The van der Waals surface area contributed by atoms with Gasteiger partial charge in [0.15, 0.2) is 0 Å². The molecular formula is C24H51O4P. The molecule has 5 heteroatoms. The van der Waals surface area contributed by atoms with Gasteiger partial charge in [-0.1, -0.05) is 103 Å². The van der Waals surface area contributed by atoms with Crippen LogP contribution in [0.5, 0.6) is 0 Å². The van der Waals surface area contributed by atoms with Crippen molar-refractivity contribution in [3.05, 3.63) is 0 Å². The summed E-state index contributed by atoms with van der Waals surface area (Å²) in [6.45, 7) is 10.1. The van der Waals surface area contributed by atoms with Crippen LogP contribution in [-0.2, 0) is 18.1 Å². The fraction of sp³-hybridized carbons (Fsp3) is 1.00. The Balaban J connectivity index is 3.43.